The van der Waals surface area contributed by atoms with E-state index in [1.165, 1.54) is 12.8 Å². The van der Waals surface area contributed by atoms with E-state index in [0.717, 1.165) is 29.4 Å². The van der Waals surface area contributed by atoms with Crippen LogP contribution in [0.15, 0.2) is 24.3 Å². The van der Waals surface area contributed by atoms with Gasteiger partial charge in [-0.15, -0.1) is 10.2 Å². The molecule has 0 spiro atoms. The standard InChI is InChI=1S/C13H16N4/c1-9-5-4-8-17-12(9)15-16-13(17)10-6-2-3-7-11(10)14/h2-3,6-7,9H,4-5,8,14H2,1H3. The SMILES string of the molecule is CC1CCCn2c(-c3ccccc3N)nnc21. The first-order chi connectivity index (χ1) is 8.27. The molecule has 88 valence electrons. The zero-order valence-corrected chi connectivity index (χ0v) is 9.93. The van der Waals surface area contributed by atoms with Crippen LogP contribution in [-0.2, 0) is 6.54 Å². The lowest BCUT2D eigenvalue weighted by molar-refractivity contribution is 0.466. The van der Waals surface area contributed by atoms with Gasteiger partial charge in [-0.1, -0.05) is 19.1 Å². The van der Waals surface area contributed by atoms with Crippen LogP contribution in [0.2, 0.25) is 0 Å². The highest BCUT2D eigenvalue weighted by Crippen LogP contribution is 2.31. The highest BCUT2D eigenvalue weighted by Gasteiger charge is 2.22. The molecule has 1 aromatic carbocycles. The molecule has 1 atom stereocenters. The summed E-state index contributed by atoms with van der Waals surface area (Å²) in [6.45, 7) is 3.20. The molecule has 3 rings (SSSR count). The van der Waals surface area contributed by atoms with E-state index in [9.17, 15) is 0 Å². The lowest BCUT2D eigenvalue weighted by Crippen LogP contribution is -2.15. The van der Waals surface area contributed by atoms with Crippen molar-refractivity contribution in [2.75, 3.05) is 5.73 Å². The van der Waals surface area contributed by atoms with E-state index in [0.29, 0.717) is 5.92 Å². The molecule has 0 fully saturated rings. The van der Waals surface area contributed by atoms with Crippen LogP contribution < -0.4 is 5.73 Å². The summed E-state index contributed by atoms with van der Waals surface area (Å²) in [6, 6.07) is 7.84. The van der Waals surface area contributed by atoms with Crippen LogP contribution >= 0.6 is 0 Å². The third kappa shape index (κ3) is 1.60. The molecule has 2 N–H and O–H groups in total. The predicted octanol–water partition coefficient (Wildman–Crippen LogP) is 2.42. The normalized spacial score (nSPS) is 19.0. The number of hydrogen-bond donors (Lipinski definition) is 1. The van der Waals surface area contributed by atoms with Gasteiger partial charge in [0.25, 0.3) is 0 Å². The van der Waals surface area contributed by atoms with Crippen molar-refractivity contribution in [3.05, 3.63) is 30.1 Å². The molecule has 0 bridgehead atoms. The maximum atomic E-state index is 6.00. The maximum Gasteiger partial charge on any atom is 0.166 e. The fourth-order valence-electron chi connectivity index (χ4n) is 2.48. The molecule has 4 heteroatoms. The molecule has 1 aromatic heterocycles. The molecule has 0 saturated carbocycles. The zero-order valence-electron chi connectivity index (χ0n) is 9.93. The van der Waals surface area contributed by atoms with E-state index in [1.54, 1.807) is 0 Å². The number of rotatable bonds is 1. The van der Waals surface area contributed by atoms with Crippen LogP contribution in [0.4, 0.5) is 5.69 Å². The minimum atomic E-state index is 0.495. The summed E-state index contributed by atoms with van der Waals surface area (Å²) in [5.41, 5.74) is 7.75. The maximum absolute atomic E-state index is 6.00. The van der Waals surface area contributed by atoms with Crippen molar-refractivity contribution in [2.24, 2.45) is 0 Å². The first-order valence-corrected chi connectivity index (χ1v) is 6.05. The monoisotopic (exact) mass is 228 g/mol. The minimum Gasteiger partial charge on any atom is -0.398 e. The van der Waals surface area contributed by atoms with Gasteiger partial charge in [0.1, 0.15) is 5.82 Å². The summed E-state index contributed by atoms with van der Waals surface area (Å²) >= 11 is 0. The summed E-state index contributed by atoms with van der Waals surface area (Å²) in [7, 11) is 0. The van der Waals surface area contributed by atoms with Crippen LogP contribution in [0, 0.1) is 0 Å². The summed E-state index contributed by atoms with van der Waals surface area (Å²) in [5, 5.41) is 8.62. The average molecular weight is 228 g/mol. The highest BCUT2D eigenvalue weighted by molar-refractivity contribution is 5.71. The first kappa shape index (κ1) is 10.3. The van der Waals surface area contributed by atoms with Gasteiger partial charge in [0.2, 0.25) is 0 Å². The van der Waals surface area contributed by atoms with Gasteiger partial charge in [0.15, 0.2) is 5.82 Å². The van der Waals surface area contributed by atoms with Crippen molar-refractivity contribution in [3.8, 4) is 11.4 Å². The number of anilines is 1. The molecular weight excluding hydrogens is 212 g/mol. The Morgan fingerprint density at radius 3 is 2.94 bits per heavy atom. The van der Waals surface area contributed by atoms with Crippen LogP contribution in [-0.4, -0.2) is 14.8 Å². The lowest BCUT2D eigenvalue weighted by Gasteiger charge is -2.20. The minimum absolute atomic E-state index is 0.495. The lowest BCUT2D eigenvalue weighted by atomic mass is 10.0. The Kier molecular flexibility index (Phi) is 2.35. The van der Waals surface area contributed by atoms with Gasteiger partial charge in [-0.05, 0) is 25.0 Å². The largest absolute Gasteiger partial charge is 0.398 e. The fraction of sp³-hybridized carbons (Fsp3) is 0.385. The van der Waals surface area contributed by atoms with Crippen molar-refractivity contribution >= 4 is 5.69 Å². The van der Waals surface area contributed by atoms with E-state index in [-0.39, 0.29) is 0 Å². The van der Waals surface area contributed by atoms with E-state index < -0.39 is 0 Å². The summed E-state index contributed by atoms with van der Waals surface area (Å²) in [6.07, 6.45) is 2.38. The van der Waals surface area contributed by atoms with Gasteiger partial charge in [-0.3, -0.25) is 0 Å². The third-order valence-electron chi connectivity index (χ3n) is 3.44. The number of fused-ring (bicyclic) bond motifs is 1. The molecule has 2 heterocycles. The van der Waals surface area contributed by atoms with Gasteiger partial charge in [-0.2, -0.15) is 0 Å². The third-order valence-corrected chi connectivity index (χ3v) is 3.44. The van der Waals surface area contributed by atoms with E-state index in [1.807, 2.05) is 24.3 Å². The predicted molar refractivity (Wildman–Crippen MR) is 67.5 cm³/mol. The van der Waals surface area contributed by atoms with Gasteiger partial charge >= 0.3 is 0 Å². The summed E-state index contributed by atoms with van der Waals surface area (Å²) in [4.78, 5) is 0. The smallest absolute Gasteiger partial charge is 0.166 e. The Hall–Kier alpha value is -1.84. The van der Waals surface area contributed by atoms with E-state index in [4.69, 9.17) is 5.73 Å². The second-order valence-corrected chi connectivity index (χ2v) is 4.66. The Bertz CT molecular complexity index is 544. The number of nitrogens with two attached hydrogens (primary N) is 1. The molecule has 1 unspecified atom stereocenters. The van der Waals surface area contributed by atoms with Gasteiger partial charge in [-0.25, -0.2) is 0 Å². The molecule has 0 saturated heterocycles. The molecule has 1 aliphatic rings. The number of benzene rings is 1. The van der Waals surface area contributed by atoms with Crippen LogP contribution in [0.3, 0.4) is 0 Å². The highest BCUT2D eigenvalue weighted by atomic mass is 15.3. The summed E-state index contributed by atoms with van der Waals surface area (Å²) in [5.74, 6) is 2.49. The van der Waals surface area contributed by atoms with Crippen LogP contribution in [0.5, 0.6) is 0 Å². The van der Waals surface area contributed by atoms with Gasteiger partial charge in [0.05, 0.1) is 0 Å². The van der Waals surface area contributed by atoms with E-state index >= 15 is 0 Å². The second-order valence-electron chi connectivity index (χ2n) is 4.66. The molecule has 1 aliphatic heterocycles. The first-order valence-electron chi connectivity index (χ1n) is 6.05. The molecule has 0 aliphatic carbocycles. The average Bonchev–Trinajstić information content (AvgIpc) is 2.75. The molecule has 0 amide bonds. The van der Waals surface area contributed by atoms with Crippen molar-refractivity contribution in [2.45, 2.75) is 32.2 Å². The van der Waals surface area contributed by atoms with Crippen molar-refractivity contribution in [1.82, 2.24) is 14.8 Å². The molecule has 17 heavy (non-hydrogen) atoms. The van der Waals surface area contributed by atoms with Gasteiger partial charge in [0, 0.05) is 23.7 Å². The summed E-state index contributed by atoms with van der Waals surface area (Å²) < 4.78 is 2.21. The molecular formula is C13H16N4. The second kappa shape index (κ2) is 3.87. The fourth-order valence-corrected chi connectivity index (χ4v) is 2.48. The number of aromatic nitrogens is 3. The number of hydrogen-bond acceptors (Lipinski definition) is 3. The Labute approximate surface area is 100 Å². The molecule has 4 nitrogen and oxygen atoms in total. The Morgan fingerprint density at radius 2 is 2.12 bits per heavy atom. The number of para-hydroxylation sites is 1. The molecule has 2 aromatic rings. The van der Waals surface area contributed by atoms with Crippen molar-refractivity contribution in [3.63, 3.8) is 0 Å². The quantitative estimate of drug-likeness (QED) is 0.763. The van der Waals surface area contributed by atoms with Gasteiger partial charge < -0.3 is 10.3 Å². The number of nitrogen functional groups attached to an aromatic ring is 1. The van der Waals surface area contributed by atoms with Crippen molar-refractivity contribution < 1.29 is 0 Å². The topological polar surface area (TPSA) is 56.7 Å². The van der Waals surface area contributed by atoms with Crippen LogP contribution in [0.1, 0.15) is 31.5 Å². The number of nitrogens with zero attached hydrogens (tertiary/aromatic N) is 3. The Morgan fingerprint density at radius 1 is 1.29 bits per heavy atom. The Balaban J connectivity index is 2.14. The van der Waals surface area contributed by atoms with E-state index in [2.05, 4.69) is 21.7 Å². The van der Waals surface area contributed by atoms with Crippen molar-refractivity contribution in [1.29, 1.82) is 0 Å². The van der Waals surface area contributed by atoms with Crippen LogP contribution in [0.25, 0.3) is 11.4 Å². The zero-order chi connectivity index (χ0) is 11.8. The molecule has 0 radical (unpaired) electrons.